The summed E-state index contributed by atoms with van der Waals surface area (Å²) in [7, 11) is 0. The molecule has 2 aliphatic carbocycles. The molecule has 0 bridgehead atoms. The maximum Gasteiger partial charge on any atom is 0.241 e. The number of amides is 1. The predicted molar refractivity (Wildman–Crippen MR) is 85.8 cm³/mol. The molecule has 3 rings (SSSR count). The van der Waals surface area contributed by atoms with Crippen molar-refractivity contribution in [3.63, 3.8) is 0 Å². The van der Waals surface area contributed by atoms with E-state index in [4.69, 9.17) is 0 Å². The number of carbonyl (C=O) groups excluding carboxylic acids is 1. The van der Waals surface area contributed by atoms with Crippen LogP contribution < -0.4 is 5.32 Å². The first-order valence-corrected chi connectivity index (χ1v) is 9.30. The minimum Gasteiger partial charge on any atom is -0.323 e. The summed E-state index contributed by atoms with van der Waals surface area (Å²) in [6.07, 6.45) is 13.3. The Morgan fingerprint density at radius 1 is 1.10 bits per heavy atom. The lowest BCUT2D eigenvalue weighted by Gasteiger charge is -2.39. The Balaban J connectivity index is 1.75. The van der Waals surface area contributed by atoms with Crippen LogP contribution in [0.2, 0.25) is 0 Å². The van der Waals surface area contributed by atoms with Crippen molar-refractivity contribution in [3.8, 4) is 0 Å². The topological polar surface area (TPSA) is 32.3 Å². The number of carbonyl (C=O) groups is 1. The van der Waals surface area contributed by atoms with Crippen LogP contribution in [-0.4, -0.2) is 29.1 Å². The molecule has 1 saturated heterocycles. The highest BCUT2D eigenvalue weighted by atomic mass is 16.2. The first-order chi connectivity index (χ1) is 10.2. The fourth-order valence-electron chi connectivity index (χ4n) is 4.90. The molecule has 3 nitrogen and oxygen atoms in total. The van der Waals surface area contributed by atoms with E-state index in [0.29, 0.717) is 24.0 Å². The highest BCUT2D eigenvalue weighted by Crippen LogP contribution is 2.37. The van der Waals surface area contributed by atoms with Gasteiger partial charge < -0.3 is 4.90 Å². The fraction of sp³-hybridized carbons (Fsp3) is 0.944. The SMILES string of the molecule is CCC1NC(C2CCCC2)N(C(C)C2CCCCC2)C1=O. The molecule has 120 valence electrons. The summed E-state index contributed by atoms with van der Waals surface area (Å²) in [5, 5.41) is 3.68. The van der Waals surface area contributed by atoms with Crippen molar-refractivity contribution in [2.24, 2.45) is 11.8 Å². The van der Waals surface area contributed by atoms with Crippen molar-refractivity contribution in [1.82, 2.24) is 10.2 Å². The Hall–Kier alpha value is -0.570. The molecule has 3 atom stereocenters. The first-order valence-electron chi connectivity index (χ1n) is 9.30. The maximum atomic E-state index is 12.9. The van der Waals surface area contributed by atoms with Gasteiger partial charge in [-0.3, -0.25) is 10.1 Å². The largest absolute Gasteiger partial charge is 0.323 e. The third-order valence-electron chi connectivity index (χ3n) is 6.25. The lowest BCUT2D eigenvalue weighted by Crippen LogP contribution is -2.49. The Bertz CT molecular complexity index is 358. The van der Waals surface area contributed by atoms with Gasteiger partial charge in [-0.2, -0.15) is 0 Å². The monoisotopic (exact) mass is 292 g/mol. The number of nitrogens with zero attached hydrogens (tertiary/aromatic N) is 1. The van der Waals surface area contributed by atoms with Crippen molar-refractivity contribution in [1.29, 1.82) is 0 Å². The Morgan fingerprint density at radius 3 is 2.33 bits per heavy atom. The van der Waals surface area contributed by atoms with Gasteiger partial charge >= 0.3 is 0 Å². The molecule has 0 aromatic carbocycles. The minimum atomic E-state index is 0.0710. The van der Waals surface area contributed by atoms with Gasteiger partial charge in [0, 0.05) is 6.04 Å². The van der Waals surface area contributed by atoms with Crippen molar-refractivity contribution < 1.29 is 4.79 Å². The molecule has 0 radical (unpaired) electrons. The van der Waals surface area contributed by atoms with Gasteiger partial charge in [0.2, 0.25) is 5.91 Å². The number of nitrogens with one attached hydrogen (secondary N) is 1. The van der Waals surface area contributed by atoms with Crippen molar-refractivity contribution in [2.75, 3.05) is 0 Å². The van der Waals surface area contributed by atoms with E-state index in [9.17, 15) is 4.79 Å². The van der Waals surface area contributed by atoms with E-state index in [1.54, 1.807) is 0 Å². The zero-order chi connectivity index (χ0) is 14.8. The average Bonchev–Trinajstić information content (AvgIpc) is 3.15. The molecule has 1 amide bonds. The zero-order valence-corrected chi connectivity index (χ0v) is 13.8. The molecule has 3 aliphatic rings. The average molecular weight is 292 g/mol. The molecule has 21 heavy (non-hydrogen) atoms. The van der Waals surface area contributed by atoms with Crippen LogP contribution in [0.25, 0.3) is 0 Å². The van der Waals surface area contributed by atoms with E-state index in [-0.39, 0.29) is 6.04 Å². The van der Waals surface area contributed by atoms with Crippen LogP contribution in [0.1, 0.15) is 78.1 Å². The standard InChI is InChI=1S/C18H32N2O/c1-3-16-18(21)20(13(2)14-9-5-4-6-10-14)17(19-16)15-11-7-8-12-15/h13-17,19H,3-12H2,1-2H3. The Labute approximate surface area is 129 Å². The van der Waals surface area contributed by atoms with E-state index in [0.717, 1.165) is 12.3 Å². The van der Waals surface area contributed by atoms with Gasteiger partial charge in [-0.25, -0.2) is 0 Å². The Morgan fingerprint density at radius 2 is 1.71 bits per heavy atom. The highest BCUT2D eigenvalue weighted by Gasteiger charge is 2.45. The molecule has 1 aliphatic heterocycles. The van der Waals surface area contributed by atoms with E-state index < -0.39 is 0 Å². The minimum absolute atomic E-state index is 0.0710. The second-order valence-corrected chi connectivity index (χ2v) is 7.50. The molecule has 3 unspecified atom stereocenters. The molecule has 0 aromatic heterocycles. The van der Waals surface area contributed by atoms with Gasteiger partial charge in [-0.15, -0.1) is 0 Å². The summed E-state index contributed by atoms with van der Waals surface area (Å²) < 4.78 is 0. The van der Waals surface area contributed by atoms with Crippen LogP contribution in [0.5, 0.6) is 0 Å². The van der Waals surface area contributed by atoms with Gasteiger partial charge in [0.1, 0.15) is 0 Å². The predicted octanol–water partition coefficient (Wildman–Crippen LogP) is 3.68. The van der Waals surface area contributed by atoms with E-state index in [2.05, 4.69) is 24.1 Å². The zero-order valence-electron chi connectivity index (χ0n) is 13.8. The number of hydrogen-bond donors (Lipinski definition) is 1. The van der Waals surface area contributed by atoms with Crippen LogP contribution in [0.15, 0.2) is 0 Å². The van der Waals surface area contributed by atoms with Crippen LogP contribution in [0.4, 0.5) is 0 Å². The summed E-state index contributed by atoms with van der Waals surface area (Å²) in [5.41, 5.74) is 0. The van der Waals surface area contributed by atoms with Gasteiger partial charge in [0.05, 0.1) is 12.2 Å². The summed E-state index contributed by atoms with van der Waals surface area (Å²) >= 11 is 0. The van der Waals surface area contributed by atoms with Crippen LogP contribution in [0.3, 0.4) is 0 Å². The molecule has 1 heterocycles. The van der Waals surface area contributed by atoms with Crippen LogP contribution in [-0.2, 0) is 4.79 Å². The molecule has 0 aromatic rings. The third kappa shape index (κ3) is 2.99. The molecule has 0 spiro atoms. The Kier molecular flexibility index (Phi) is 4.88. The molecular weight excluding hydrogens is 260 g/mol. The lowest BCUT2D eigenvalue weighted by atomic mass is 9.83. The first kappa shape index (κ1) is 15.3. The van der Waals surface area contributed by atoms with Crippen LogP contribution in [0, 0.1) is 11.8 Å². The highest BCUT2D eigenvalue weighted by molar-refractivity contribution is 5.84. The van der Waals surface area contributed by atoms with E-state index >= 15 is 0 Å². The lowest BCUT2D eigenvalue weighted by molar-refractivity contribution is -0.134. The van der Waals surface area contributed by atoms with Crippen molar-refractivity contribution in [3.05, 3.63) is 0 Å². The third-order valence-corrected chi connectivity index (χ3v) is 6.25. The summed E-state index contributed by atoms with van der Waals surface area (Å²) in [6.45, 7) is 4.45. The number of hydrogen-bond acceptors (Lipinski definition) is 2. The summed E-state index contributed by atoms with van der Waals surface area (Å²) in [6, 6.07) is 0.495. The van der Waals surface area contributed by atoms with E-state index in [1.165, 1.54) is 57.8 Å². The summed E-state index contributed by atoms with van der Waals surface area (Å²) in [5.74, 6) is 1.80. The van der Waals surface area contributed by atoms with Gasteiger partial charge in [-0.05, 0) is 50.9 Å². The molecule has 3 fully saturated rings. The van der Waals surface area contributed by atoms with Crippen molar-refractivity contribution in [2.45, 2.75) is 96.3 Å². The molecular formula is C18H32N2O. The van der Waals surface area contributed by atoms with Gasteiger partial charge in [0.25, 0.3) is 0 Å². The normalized spacial score (nSPS) is 33.8. The van der Waals surface area contributed by atoms with Gasteiger partial charge in [-0.1, -0.05) is 39.0 Å². The fourth-order valence-corrected chi connectivity index (χ4v) is 4.90. The maximum absolute atomic E-state index is 12.9. The molecule has 3 heteroatoms. The quantitative estimate of drug-likeness (QED) is 0.857. The van der Waals surface area contributed by atoms with Crippen molar-refractivity contribution >= 4 is 5.91 Å². The molecule has 2 saturated carbocycles. The second-order valence-electron chi connectivity index (χ2n) is 7.50. The molecule has 1 N–H and O–H groups in total. The summed E-state index contributed by atoms with van der Waals surface area (Å²) in [4.78, 5) is 15.1. The van der Waals surface area contributed by atoms with E-state index in [1.807, 2.05) is 0 Å². The van der Waals surface area contributed by atoms with Gasteiger partial charge in [0.15, 0.2) is 0 Å². The number of rotatable bonds is 4. The second kappa shape index (κ2) is 6.68. The smallest absolute Gasteiger partial charge is 0.241 e. The van der Waals surface area contributed by atoms with Crippen LogP contribution >= 0.6 is 0 Å².